The van der Waals surface area contributed by atoms with E-state index in [4.69, 9.17) is 36.0 Å². The maximum Gasteiger partial charge on any atom is 0.335 e. The molecule has 4 aromatic heterocycles. The zero-order valence-corrected chi connectivity index (χ0v) is 38.2. The van der Waals surface area contributed by atoms with Crippen molar-refractivity contribution in [1.29, 1.82) is 0 Å². The number of carboxylic acids is 2. The number of hydrogen-bond donors (Lipinski definition) is 4. The van der Waals surface area contributed by atoms with E-state index in [0.717, 1.165) is 55.0 Å². The summed E-state index contributed by atoms with van der Waals surface area (Å²) < 4.78 is 2.96. The van der Waals surface area contributed by atoms with E-state index in [1.165, 1.54) is 28.7 Å². The number of benzene rings is 4. The SMILES string of the molecule is Cc1cc(C)c(Nc2nc(N(c3nc4ccc(C(=O)O)cc4s3)c3c(C)cc(C)cc3C)cc(C)c2N=Nc2c(N)c(C(C)(C)C)nn2-c2nc3ccc(C(=O)O)cc3s2)c(C)c1. The molecule has 0 bridgehead atoms. The van der Waals surface area contributed by atoms with Gasteiger partial charge in [-0.1, -0.05) is 78.8 Å². The largest absolute Gasteiger partial charge is 0.478 e. The first kappa shape index (κ1) is 42.6. The van der Waals surface area contributed by atoms with Crippen molar-refractivity contribution >= 4 is 100 Å². The van der Waals surface area contributed by atoms with Crippen LogP contribution in [0.4, 0.5) is 45.3 Å². The number of aryl methyl sites for hydroxylation is 7. The predicted octanol–water partition coefficient (Wildman–Crippen LogP) is 12.6. The molecule has 8 rings (SSSR count). The van der Waals surface area contributed by atoms with Gasteiger partial charge in [-0.2, -0.15) is 9.78 Å². The smallest absolute Gasteiger partial charge is 0.335 e. The molecule has 4 aromatic carbocycles. The molecule has 0 aliphatic carbocycles. The van der Waals surface area contributed by atoms with Crippen molar-refractivity contribution in [2.75, 3.05) is 16.0 Å². The molecule has 0 spiro atoms. The second kappa shape index (κ2) is 16.0. The van der Waals surface area contributed by atoms with Crippen molar-refractivity contribution in [2.24, 2.45) is 10.2 Å². The van der Waals surface area contributed by atoms with Crippen LogP contribution >= 0.6 is 22.7 Å². The van der Waals surface area contributed by atoms with Crippen LogP contribution in [0.5, 0.6) is 0 Å². The average molecular weight is 879 g/mol. The molecule has 0 radical (unpaired) electrons. The van der Waals surface area contributed by atoms with Gasteiger partial charge in [-0.3, -0.25) is 4.90 Å². The average Bonchev–Trinajstić information content (AvgIpc) is 3.91. The number of aromatic carboxylic acids is 2. The first-order valence-corrected chi connectivity index (χ1v) is 21.7. The van der Waals surface area contributed by atoms with E-state index >= 15 is 0 Å². The number of carbonyl (C=O) groups is 2. The zero-order chi connectivity index (χ0) is 45.2. The number of anilines is 6. The van der Waals surface area contributed by atoms with Crippen LogP contribution in [0.3, 0.4) is 0 Å². The van der Waals surface area contributed by atoms with Crippen LogP contribution in [-0.2, 0) is 5.41 Å². The highest BCUT2D eigenvalue weighted by molar-refractivity contribution is 7.22. The van der Waals surface area contributed by atoms with Gasteiger partial charge in [0.25, 0.3) is 0 Å². The number of thiazole rings is 2. The predicted molar refractivity (Wildman–Crippen MR) is 253 cm³/mol. The first-order chi connectivity index (χ1) is 29.8. The van der Waals surface area contributed by atoms with Gasteiger partial charge in [-0.25, -0.2) is 24.5 Å². The molecule has 4 heterocycles. The van der Waals surface area contributed by atoms with E-state index in [9.17, 15) is 19.8 Å². The summed E-state index contributed by atoms with van der Waals surface area (Å²) in [4.78, 5) is 40.9. The summed E-state index contributed by atoms with van der Waals surface area (Å²) in [5.41, 5.74) is 18.2. The molecular formula is C47H46N10O4S2. The minimum Gasteiger partial charge on any atom is -0.478 e. The van der Waals surface area contributed by atoms with Crippen LogP contribution in [0.2, 0.25) is 0 Å². The summed E-state index contributed by atoms with van der Waals surface area (Å²) in [5.74, 6) is -0.803. The quantitative estimate of drug-likeness (QED) is 0.0954. The molecule has 8 aromatic rings. The molecule has 0 aliphatic rings. The number of pyridine rings is 1. The third-order valence-corrected chi connectivity index (χ3v) is 12.6. The molecule has 5 N–H and O–H groups in total. The molecule has 320 valence electrons. The van der Waals surface area contributed by atoms with Gasteiger partial charge in [0, 0.05) is 11.1 Å². The van der Waals surface area contributed by atoms with E-state index in [2.05, 4.69) is 57.3 Å². The molecule has 16 heteroatoms. The fraction of sp³-hybridized carbons (Fsp3) is 0.234. The molecule has 0 fully saturated rings. The first-order valence-electron chi connectivity index (χ1n) is 20.1. The Labute approximate surface area is 371 Å². The highest BCUT2D eigenvalue weighted by Gasteiger charge is 2.29. The van der Waals surface area contributed by atoms with Crippen molar-refractivity contribution in [2.45, 2.75) is 74.7 Å². The molecular weight excluding hydrogens is 833 g/mol. The van der Waals surface area contributed by atoms with Gasteiger partial charge in [-0.05, 0) is 119 Å². The van der Waals surface area contributed by atoms with Gasteiger partial charge in [0.05, 0.1) is 42.9 Å². The third-order valence-electron chi connectivity index (χ3n) is 10.7. The number of nitrogens with two attached hydrogens (primary N) is 1. The van der Waals surface area contributed by atoms with Gasteiger partial charge in [0.1, 0.15) is 17.2 Å². The lowest BCUT2D eigenvalue weighted by Gasteiger charge is -2.27. The Morgan fingerprint density at radius 2 is 1.27 bits per heavy atom. The van der Waals surface area contributed by atoms with Gasteiger partial charge < -0.3 is 21.3 Å². The maximum absolute atomic E-state index is 11.9. The fourth-order valence-electron chi connectivity index (χ4n) is 7.88. The molecule has 0 atom stereocenters. The number of hydrogen-bond acceptors (Lipinski definition) is 13. The summed E-state index contributed by atoms with van der Waals surface area (Å²) in [6.45, 7) is 20.3. The lowest BCUT2D eigenvalue weighted by molar-refractivity contribution is 0.0686. The van der Waals surface area contributed by atoms with Gasteiger partial charge in [0.15, 0.2) is 10.9 Å². The number of nitrogens with one attached hydrogen (secondary N) is 1. The number of nitrogen functional groups attached to an aromatic ring is 1. The summed E-state index contributed by atoms with van der Waals surface area (Å²) in [5, 5.41) is 38.8. The van der Waals surface area contributed by atoms with Crippen LogP contribution in [-0.4, -0.2) is 46.9 Å². The molecule has 0 saturated carbocycles. The molecule has 0 saturated heterocycles. The van der Waals surface area contributed by atoms with Gasteiger partial charge >= 0.3 is 11.9 Å². The highest BCUT2D eigenvalue weighted by atomic mass is 32.1. The van der Waals surface area contributed by atoms with E-state index in [0.29, 0.717) is 54.7 Å². The molecule has 63 heavy (non-hydrogen) atoms. The van der Waals surface area contributed by atoms with Crippen LogP contribution < -0.4 is 16.0 Å². The van der Waals surface area contributed by atoms with E-state index in [-0.39, 0.29) is 16.9 Å². The topological polar surface area (TPSA) is 197 Å². The number of fused-ring (bicyclic) bond motifs is 2. The number of rotatable bonds is 10. The maximum atomic E-state index is 11.9. The summed E-state index contributed by atoms with van der Waals surface area (Å²) >= 11 is 2.66. The van der Waals surface area contributed by atoms with Crippen LogP contribution in [0.1, 0.15) is 86.1 Å². The molecule has 0 amide bonds. The number of nitrogens with zero attached hydrogens (tertiary/aromatic N) is 8. The van der Waals surface area contributed by atoms with Crippen LogP contribution in [0, 0.1) is 48.5 Å². The second-order valence-corrected chi connectivity index (χ2v) is 18.9. The van der Waals surface area contributed by atoms with Crippen molar-refractivity contribution < 1.29 is 19.8 Å². The lowest BCUT2D eigenvalue weighted by atomic mass is 9.91. The fourth-order valence-corrected chi connectivity index (χ4v) is 9.86. The molecule has 14 nitrogen and oxygen atoms in total. The van der Waals surface area contributed by atoms with E-state index < -0.39 is 17.4 Å². The number of azo groups is 1. The monoisotopic (exact) mass is 878 g/mol. The molecule has 0 unspecified atom stereocenters. The Morgan fingerprint density at radius 3 is 1.84 bits per heavy atom. The molecule has 0 aliphatic heterocycles. The summed E-state index contributed by atoms with van der Waals surface area (Å²) in [6.07, 6.45) is 0. The summed E-state index contributed by atoms with van der Waals surface area (Å²) in [7, 11) is 0. The number of carboxylic acid groups (broad SMARTS) is 2. The highest BCUT2D eigenvalue weighted by Crippen LogP contribution is 2.46. The van der Waals surface area contributed by atoms with E-state index in [1.54, 1.807) is 35.0 Å². The van der Waals surface area contributed by atoms with Crippen molar-refractivity contribution in [1.82, 2.24) is 24.7 Å². The normalized spacial score (nSPS) is 11.9. The standard InChI is InChI=1S/C47H46N10O4S2/c1-22-15-24(3)37(25(4)16-22)52-41-38(53-54-42-36(48)40(47(8,9)10)55-57(42)46-50-32-14-12-30(44(60)61)21-34(32)63-46)26(5)19-35(51-41)56(39-27(6)17-23(2)18-28(39)7)45-49-31-13-11-29(43(58)59)20-33(31)62-45/h11-21H,48H2,1-10H3,(H,51,52)(H,58,59)(H,60,61). The van der Waals surface area contributed by atoms with Gasteiger partial charge in [0.2, 0.25) is 10.9 Å². The summed E-state index contributed by atoms with van der Waals surface area (Å²) in [6, 6.07) is 20.1. The Balaban J connectivity index is 1.34. The van der Waals surface area contributed by atoms with E-state index in [1.807, 2.05) is 52.5 Å². The van der Waals surface area contributed by atoms with Crippen LogP contribution in [0.15, 0.2) is 77.0 Å². The van der Waals surface area contributed by atoms with Crippen LogP contribution in [0.25, 0.3) is 25.6 Å². The Morgan fingerprint density at radius 1 is 0.714 bits per heavy atom. The minimum atomic E-state index is -1.03. The van der Waals surface area contributed by atoms with Gasteiger partial charge in [-0.15, -0.1) is 10.2 Å². The third kappa shape index (κ3) is 8.10. The van der Waals surface area contributed by atoms with Crippen molar-refractivity contribution in [3.05, 3.63) is 122 Å². The number of aromatic nitrogens is 5. The van der Waals surface area contributed by atoms with Crippen molar-refractivity contribution in [3.8, 4) is 5.13 Å². The Kier molecular flexibility index (Phi) is 10.8. The Hall–Kier alpha value is -7.04. The lowest BCUT2D eigenvalue weighted by Crippen LogP contribution is -2.15. The minimum absolute atomic E-state index is 0.153. The second-order valence-electron chi connectivity index (χ2n) is 16.9. The van der Waals surface area contributed by atoms with Crippen molar-refractivity contribution in [3.63, 3.8) is 0 Å². The Bertz CT molecular complexity index is 3160. The zero-order valence-electron chi connectivity index (χ0n) is 36.5.